The highest BCUT2D eigenvalue weighted by Crippen LogP contribution is 2.39. The van der Waals surface area contributed by atoms with E-state index in [4.69, 9.17) is 4.74 Å². The molecule has 168 valence electrons. The number of anilines is 2. The van der Waals surface area contributed by atoms with Gasteiger partial charge in [-0.05, 0) is 87.0 Å². The molecule has 3 aromatic rings. The molecule has 2 aromatic carbocycles. The Morgan fingerprint density at radius 3 is 2.97 bits per heavy atom. The summed E-state index contributed by atoms with van der Waals surface area (Å²) in [5.41, 5.74) is 3.97. The zero-order valence-electron chi connectivity index (χ0n) is 18.7. The van der Waals surface area contributed by atoms with E-state index in [1.807, 2.05) is 30.3 Å². The maximum Gasteiger partial charge on any atom is 0.323 e. The number of fused-ring (bicyclic) bond motifs is 2. The number of nitrogens with zero attached hydrogens (tertiary/aromatic N) is 1. The normalized spacial score (nSPS) is 20.8. The number of amides is 2. The van der Waals surface area contributed by atoms with Crippen molar-refractivity contribution in [2.45, 2.75) is 51.0 Å². The molecule has 2 atom stereocenters. The van der Waals surface area contributed by atoms with Gasteiger partial charge in [-0.15, -0.1) is 0 Å². The lowest BCUT2D eigenvalue weighted by Gasteiger charge is -2.34. The Bertz CT molecular complexity index is 1090. The number of carbonyl (C=O) groups is 1. The summed E-state index contributed by atoms with van der Waals surface area (Å²) in [4.78, 5) is 18.8. The molecule has 0 radical (unpaired) electrons. The largest absolute Gasteiger partial charge is 0.491 e. The van der Waals surface area contributed by atoms with Crippen LogP contribution in [0.3, 0.4) is 0 Å². The number of hydrogen-bond acceptors (Lipinski definition) is 3. The predicted octanol–water partition coefficient (Wildman–Crippen LogP) is 5.94. The van der Waals surface area contributed by atoms with Crippen LogP contribution in [0.1, 0.15) is 50.5 Å². The zero-order chi connectivity index (χ0) is 21.9. The van der Waals surface area contributed by atoms with Gasteiger partial charge in [-0.3, -0.25) is 0 Å². The second-order valence-electron chi connectivity index (χ2n) is 8.98. The van der Waals surface area contributed by atoms with Gasteiger partial charge in [0.1, 0.15) is 5.75 Å². The maximum atomic E-state index is 12.7. The molecule has 0 bridgehead atoms. The molecule has 3 heterocycles. The molecule has 2 fully saturated rings. The molecule has 1 aromatic heterocycles. The van der Waals surface area contributed by atoms with Crippen molar-refractivity contribution in [2.75, 3.05) is 30.3 Å². The third-order valence-corrected chi connectivity index (χ3v) is 6.83. The van der Waals surface area contributed by atoms with Crippen LogP contribution >= 0.6 is 0 Å². The van der Waals surface area contributed by atoms with Crippen molar-refractivity contribution in [2.24, 2.45) is 0 Å². The molecule has 32 heavy (non-hydrogen) atoms. The van der Waals surface area contributed by atoms with Crippen LogP contribution in [-0.4, -0.2) is 41.7 Å². The Hall–Kier alpha value is -2.99. The number of rotatable bonds is 6. The van der Waals surface area contributed by atoms with E-state index in [-0.39, 0.29) is 6.03 Å². The van der Waals surface area contributed by atoms with Crippen LogP contribution in [0, 0.1) is 0 Å². The Kier molecular flexibility index (Phi) is 6.04. The topological polar surface area (TPSA) is 69.4 Å². The van der Waals surface area contributed by atoms with Crippen molar-refractivity contribution in [1.29, 1.82) is 0 Å². The van der Waals surface area contributed by atoms with E-state index in [1.165, 1.54) is 49.7 Å². The van der Waals surface area contributed by atoms with Gasteiger partial charge >= 0.3 is 6.03 Å². The van der Waals surface area contributed by atoms with Gasteiger partial charge in [-0.1, -0.05) is 19.1 Å². The van der Waals surface area contributed by atoms with Crippen LogP contribution in [0.25, 0.3) is 10.9 Å². The van der Waals surface area contributed by atoms with Crippen LogP contribution in [0.5, 0.6) is 5.75 Å². The van der Waals surface area contributed by atoms with Gasteiger partial charge in [0.2, 0.25) is 0 Å². The summed E-state index contributed by atoms with van der Waals surface area (Å²) in [5.74, 6) is 1.26. The van der Waals surface area contributed by atoms with Crippen molar-refractivity contribution in [3.63, 3.8) is 0 Å². The van der Waals surface area contributed by atoms with Gasteiger partial charge in [-0.25, -0.2) is 4.79 Å². The number of nitrogens with one attached hydrogen (secondary N) is 3. The van der Waals surface area contributed by atoms with Crippen molar-refractivity contribution in [3.8, 4) is 5.75 Å². The molecule has 5 rings (SSSR count). The molecule has 2 unspecified atom stereocenters. The highest BCUT2D eigenvalue weighted by Gasteiger charge is 2.33. The highest BCUT2D eigenvalue weighted by atomic mass is 16.5. The van der Waals surface area contributed by atoms with E-state index < -0.39 is 0 Å². The van der Waals surface area contributed by atoms with Crippen LogP contribution in [0.15, 0.2) is 48.7 Å². The first-order valence-corrected chi connectivity index (χ1v) is 11.9. The fourth-order valence-corrected chi connectivity index (χ4v) is 5.26. The molecule has 6 heteroatoms. The number of hydrogen-bond donors (Lipinski definition) is 3. The molecule has 0 aliphatic carbocycles. The fraction of sp³-hybridized carbons (Fsp3) is 0.423. The average molecular weight is 433 g/mol. The van der Waals surface area contributed by atoms with Crippen molar-refractivity contribution in [1.82, 2.24) is 9.88 Å². The molecule has 2 amide bonds. The van der Waals surface area contributed by atoms with Crippen molar-refractivity contribution < 1.29 is 9.53 Å². The molecule has 3 N–H and O–H groups in total. The smallest absolute Gasteiger partial charge is 0.323 e. The Labute approximate surface area is 189 Å². The zero-order valence-corrected chi connectivity index (χ0v) is 18.7. The van der Waals surface area contributed by atoms with Gasteiger partial charge in [-0.2, -0.15) is 0 Å². The van der Waals surface area contributed by atoms with E-state index in [0.29, 0.717) is 24.0 Å². The second kappa shape index (κ2) is 9.25. The maximum absolute atomic E-state index is 12.7. The second-order valence-corrected chi connectivity index (χ2v) is 8.98. The summed E-state index contributed by atoms with van der Waals surface area (Å²) in [5, 5.41) is 7.13. The minimum atomic E-state index is -0.270. The lowest BCUT2D eigenvalue weighted by molar-refractivity contribution is 0.181. The Balaban J connectivity index is 1.30. The number of aromatic nitrogens is 1. The van der Waals surface area contributed by atoms with Gasteiger partial charge < -0.3 is 25.3 Å². The number of aromatic amines is 1. The number of urea groups is 1. The molecule has 0 saturated carbocycles. The number of ether oxygens (including phenoxy) is 1. The summed E-state index contributed by atoms with van der Waals surface area (Å²) in [6.07, 6.45) is 8.19. The van der Waals surface area contributed by atoms with Gasteiger partial charge in [0.05, 0.1) is 12.3 Å². The number of benzene rings is 2. The summed E-state index contributed by atoms with van der Waals surface area (Å²) >= 11 is 0. The highest BCUT2D eigenvalue weighted by molar-refractivity contribution is 6.02. The van der Waals surface area contributed by atoms with E-state index in [9.17, 15) is 4.79 Å². The van der Waals surface area contributed by atoms with Crippen LogP contribution < -0.4 is 15.4 Å². The third kappa shape index (κ3) is 4.32. The lowest BCUT2D eigenvalue weighted by atomic mass is 9.85. The van der Waals surface area contributed by atoms with E-state index in [0.717, 1.165) is 23.7 Å². The number of piperidine rings is 1. The molecule has 2 saturated heterocycles. The summed E-state index contributed by atoms with van der Waals surface area (Å²) < 4.78 is 5.75. The molecule has 0 spiro atoms. The van der Waals surface area contributed by atoms with E-state index >= 15 is 0 Å². The number of H-pyrrole nitrogens is 1. The standard InChI is InChI=1S/C26H32N4O2/c1-2-14-32-25-8-4-3-7-24(25)29-26(31)28-19-9-10-23-21(16-19)22(17-27-23)18-11-13-30-12-5-6-20(30)15-18/h3-4,7-10,16-18,20,27H,2,5-6,11-15H2,1H3,(H2,28,29,31). The predicted molar refractivity (Wildman–Crippen MR) is 130 cm³/mol. The number of carbonyl (C=O) groups excluding carboxylic acids is 1. The molecule has 2 aliphatic rings. The van der Waals surface area contributed by atoms with Gasteiger partial charge in [0.25, 0.3) is 0 Å². The van der Waals surface area contributed by atoms with Crippen molar-refractivity contribution >= 4 is 28.3 Å². The monoisotopic (exact) mass is 432 g/mol. The average Bonchev–Trinajstić information content (AvgIpc) is 3.44. The molecular formula is C26H32N4O2. The summed E-state index contributed by atoms with van der Waals surface area (Å²) in [7, 11) is 0. The van der Waals surface area contributed by atoms with Crippen LogP contribution in [0.2, 0.25) is 0 Å². The first-order chi connectivity index (χ1) is 15.7. The lowest BCUT2D eigenvalue weighted by Crippen LogP contribution is -2.37. The summed E-state index contributed by atoms with van der Waals surface area (Å²) in [6.45, 7) is 5.14. The SMILES string of the molecule is CCCOc1ccccc1NC(=O)Nc1ccc2[nH]cc(C3CCN4CCCC4C3)c2c1. The Morgan fingerprint density at radius 1 is 1.16 bits per heavy atom. The minimum Gasteiger partial charge on any atom is -0.491 e. The first kappa shape index (κ1) is 20.9. The van der Waals surface area contributed by atoms with Gasteiger partial charge in [0, 0.05) is 28.8 Å². The van der Waals surface area contributed by atoms with E-state index in [2.05, 4.69) is 45.8 Å². The molecule has 2 aliphatic heterocycles. The van der Waals surface area contributed by atoms with Crippen LogP contribution in [0.4, 0.5) is 16.2 Å². The first-order valence-electron chi connectivity index (χ1n) is 11.9. The fourth-order valence-electron chi connectivity index (χ4n) is 5.26. The quantitative estimate of drug-likeness (QED) is 0.451. The van der Waals surface area contributed by atoms with Gasteiger partial charge in [0.15, 0.2) is 0 Å². The van der Waals surface area contributed by atoms with E-state index in [1.54, 1.807) is 0 Å². The third-order valence-electron chi connectivity index (χ3n) is 6.83. The Morgan fingerprint density at radius 2 is 2.06 bits per heavy atom. The molecule has 6 nitrogen and oxygen atoms in total. The molecular weight excluding hydrogens is 400 g/mol. The van der Waals surface area contributed by atoms with Crippen LogP contribution in [-0.2, 0) is 0 Å². The minimum absolute atomic E-state index is 0.270. The van der Waals surface area contributed by atoms with Crippen molar-refractivity contribution in [3.05, 3.63) is 54.2 Å². The number of para-hydroxylation sites is 2. The summed E-state index contributed by atoms with van der Waals surface area (Å²) in [6, 6.07) is 14.1.